The molecule has 194 valence electrons. The molecule has 1 fully saturated rings. The molecule has 6 rings (SSSR count). The first-order valence-electron chi connectivity index (χ1n) is 12.0. The summed E-state index contributed by atoms with van der Waals surface area (Å²) in [5.74, 6) is -1.74. The molecule has 4 aromatic rings. The number of tetrazole rings is 1. The zero-order valence-corrected chi connectivity index (χ0v) is 21.3. The molecule has 0 unspecified atom stereocenters. The molecule has 2 aliphatic rings. The third-order valence-corrected chi connectivity index (χ3v) is 7.43. The number of hydrogen-bond donors (Lipinski definition) is 2. The number of halogens is 3. The summed E-state index contributed by atoms with van der Waals surface area (Å²) < 4.78 is 31.7. The van der Waals surface area contributed by atoms with Gasteiger partial charge in [0.25, 0.3) is 0 Å². The lowest BCUT2D eigenvalue weighted by atomic mass is 9.63. The molecule has 0 spiro atoms. The summed E-state index contributed by atoms with van der Waals surface area (Å²) in [5.41, 5.74) is -0.718. The molecule has 2 aliphatic heterocycles. The number of nitrogens with one attached hydrogen (secondary N) is 1. The molecule has 2 N–H and O–H groups in total. The third-order valence-electron chi connectivity index (χ3n) is 7.13. The lowest BCUT2D eigenvalue weighted by Crippen LogP contribution is -2.51. The van der Waals surface area contributed by atoms with Crippen molar-refractivity contribution in [2.75, 3.05) is 0 Å². The van der Waals surface area contributed by atoms with Gasteiger partial charge in [-0.25, -0.2) is 13.8 Å². The Balaban J connectivity index is 1.35. The van der Waals surface area contributed by atoms with Crippen LogP contribution in [0.2, 0.25) is 5.02 Å². The Morgan fingerprint density at radius 2 is 2.00 bits per heavy atom. The summed E-state index contributed by atoms with van der Waals surface area (Å²) in [6.45, 7) is 0. The first kappa shape index (κ1) is 26.4. The van der Waals surface area contributed by atoms with E-state index in [9.17, 15) is 9.90 Å². The summed E-state index contributed by atoms with van der Waals surface area (Å²) >= 11 is 6.09. The average molecular weight is 554 g/mol. The van der Waals surface area contributed by atoms with Crippen molar-refractivity contribution in [1.82, 2.24) is 40.1 Å². The van der Waals surface area contributed by atoms with Crippen molar-refractivity contribution in [3.63, 3.8) is 0 Å². The molecular weight excluding hydrogens is 538 g/mol. The number of hydrogen-bond acceptors (Lipinski definition) is 7. The van der Waals surface area contributed by atoms with Gasteiger partial charge in [0, 0.05) is 34.2 Å². The van der Waals surface area contributed by atoms with E-state index < -0.39 is 40.1 Å². The Labute approximate surface area is 235 Å². The first-order chi connectivity index (χ1) is 19.0. The van der Waals surface area contributed by atoms with Crippen molar-refractivity contribution >= 4 is 46.6 Å². The van der Waals surface area contributed by atoms with Crippen LogP contribution in [0.3, 0.4) is 0 Å². The van der Waals surface area contributed by atoms with Gasteiger partial charge in [0.2, 0.25) is 5.91 Å². The number of carbonyl (C=O) groups is 1. The van der Waals surface area contributed by atoms with Crippen LogP contribution in [0.15, 0.2) is 43.0 Å². The zero-order chi connectivity index (χ0) is 28.4. The van der Waals surface area contributed by atoms with Gasteiger partial charge in [0.1, 0.15) is 35.7 Å². The first-order valence-corrected chi connectivity index (χ1v) is 12.4. The summed E-state index contributed by atoms with van der Waals surface area (Å²) in [5, 5.41) is 18.3. The van der Waals surface area contributed by atoms with E-state index in [0.717, 1.165) is 0 Å². The van der Waals surface area contributed by atoms with Crippen molar-refractivity contribution < 1.29 is 18.7 Å². The van der Waals surface area contributed by atoms with E-state index in [4.69, 9.17) is 35.1 Å². The Morgan fingerprint density at radius 1 is 1.20 bits per heavy atom. The molecule has 1 aromatic carbocycles. The van der Waals surface area contributed by atoms with Gasteiger partial charge in [-0.1, -0.05) is 11.6 Å². The molecule has 16 heteroatoms. The molecule has 2 atom stereocenters. The maximum atomic E-state index is 15.4. The lowest BCUT2D eigenvalue weighted by Gasteiger charge is -2.42. The number of imidazole rings is 1. The van der Waals surface area contributed by atoms with E-state index in [1.807, 2.05) is 0 Å². The van der Waals surface area contributed by atoms with E-state index in [0.29, 0.717) is 29.9 Å². The maximum absolute atomic E-state index is 15.4. The van der Waals surface area contributed by atoms with E-state index in [-0.39, 0.29) is 28.3 Å². The van der Waals surface area contributed by atoms with Crippen molar-refractivity contribution in [2.45, 2.75) is 36.1 Å². The van der Waals surface area contributed by atoms with E-state index in [2.05, 4.69) is 30.5 Å². The number of nitrogens with zero attached hydrogens (tertiary/aromatic N) is 7. The number of amides is 1. The smallest absolute Gasteiger partial charge is 0.247 e. The molecule has 40 heavy (non-hydrogen) atoms. The molecule has 0 bridgehead atoms. The highest BCUT2D eigenvalue weighted by molar-refractivity contribution is 6.38. The van der Waals surface area contributed by atoms with Crippen LogP contribution in [-0.4, -0.2) is 80.0 Å². The van der Waals surface area contributed by atoms with Crippen LogP contribution in [0.4, 0.5) is 8.78 Å². The van der Waals surface area contributed by atoms with Gasteiger partial charge in [-0.05, 0) is 53.5 Å². The fourth-order valence-corrected chi connectivity index (χ4v) is 5.55. The van der Waals surface area contributed by atoms with Gasteiger partial charge in [-0.15, -0.1) is 5.10 Å². The van der Waals surface area contributed by atoms with E-state index in [1.165, 1.54) is 46.5 Å². The normalized spacial score (nSPS) is 21.0. The number of H-pyrrole nitrogens is 1. The number of aromatic amines is 1. The van der Waals surface area contributed by atoms with Crippen molar-refractivity contribution in [2.24, 2.45) is 0 Å². The highest BCUT2D eigenvalue weighted by atomic mass is 35.5. The maximum Gasteiger partial charge on any atom is 0.247 e. The van der Waals surface area contributed by atoms with Gasteiger partial charge >= 0.3 is 0 Å². The number of fused-ring (bicyclic) bond motifs is 1. The second kappa shape index (κ2) is 9.38. The summed E-state index contributed by atoms with van der Waals surface area (Å²) in [6, 6.07) is 3.73. The predicted molar refractivity (Wildman–Crippen MR) is 141 cm³/mol. The standard InChI is InChI=1S/C24H16B3ClF2N8O2/c25-23-5-3-16(22-32-9-14(34-22)12-4-6-31-21(19(12)29)24(26,27)40)38(23)17(39)7-11(8-23)18-15(37-10-33-35-36-37)2-1-13(28)20(18)30/h1-2,4,6-7,9-10,16,40H,3,5,8H2,(H,32,34)/t16-,23+/m0/s1. The Bertz CT molecular complexity index is 1680. The van der Waals surface area contributed by atoms with E-state index in [1.54, 1.807) is 6.07 Å². The Kier molecular flexibility index (Phi) is 6.19. The summed E-state index contributed by atoms with van der Waals surface area (Å²) in [4.78, 5) is 26.2. The Hall–Kier alpha value is -3.84. The molecule has 0 saturated carbocycles. The van der Waals surface area contributed by atoms with Gasteiger partial charge in [0.15, 0.2) is 11.6 Å². The number of benzene rings is 1. The number of aliphatic hydroxyl groups is 1. The zero-order valence-electron chi connectivity index (χ0n) is 20.6. The van der Waals surface area contributed by atoms with Gasteiger partial charge in [0.05, 0.1) is 34.3 Å². The Morgan fingerprint density at radius 3 is 2.73 bits per heavy atom. The molecule has 0 aliphatic carbocycles. The molecule has 5 heterocycles. The largest absolute Gasteiger partial charge is 0.403 e. The van der Waals surface area contributed by atoms with E-state index >= 15 is 8.78 Å². The molecular formula is C24H16B3ClF2N8O2. The van der Waals surface area contributed by atoms with Crippen LogP contribution in [0.5, 0.6) is 0 Å². The second-order valence-corrected chi connectivity index (χ2v) is 10.2. The van der Waals surface area contributed by atoms with Crippen molar-refractivity contribution in [3.05, 3.63) is 76.7 Å². The minimum Gasteiger partial charge on any atom is -0.403 e. The van der Waals surface area contributed by atoms with Crippen LogP contribution < -0.4 is 0 Å². The summed E-state index contributed by atoms with van der Waals surface area (Å²) in [6.07, 6.45) is 6.17. The third kappa shape index (κ3) is 4.24. The quantitative estimate of drug-likeness (QED) is 0.361. The van der Waals surface area contributed by atoms with Gasteiger partial charge < -0.3 is 15.0 Å². The van der Waals surface area contributed by atoms with Crippen LogP contribution in [-0.2, 0) is 10.2 Å². The molecule has 1 saturated heterocycles. The topological polar surface area (TPSA) is 126 Å². The van der Waals surface area contributed by atoms with Crippen LogP contribution in [0, 0.1) is 11.6 Å². The highest BCUT2D eigenvalue weighted by Crippen LogP contribution is 2.48. The SMILES string of the molecule is [B]C([B])(O)c1nccc(-c2cnc([C@@H]3CC[C@]4([B])CC(c5c(-n6cnnn6)ccc(Cl)c5F)=CC(=O)N34)[nH]2)c1F. The highest BCUT2D eigenvalue weighted by Gasteiger charge is 2.49. The molecule has 1 amide bonds. The minimum absolute atomic E-state index is 0.0220. The molecule has 6 radical (unpaired) electrons. The monoisotopic (exact) mass is 554 g/mol. The lowest BCUT2D eigenvalue weighted by molar-refractivity contribution is -0.130. The van der Waals surface area contributed by atoms with Crippen LogP contribution in [0.25, 0.3) is 22.5 Å². The van der Waals surface area contributed by atoms with Crippen LogP contribution in [0.1, 0.15) is 42.4 Å². The molecule has 10 nitrogen and oxygen atoms in total. The fraction of sp³-hybridized carbons (Fsp3) is 0.250. The minimum atomic E-state index is -2.48. The number of aromatic nitrogens is 7. The second-order valence-electron chi connectivity index (χ2n) is 9.75. The van der Waals surface area contributed by atoms with Gasteiger partial charge in [-0.2, -0.15) is 4.68 Å². The predicted octanol–water partition coefficient (Wildman–Crippen LogP) is 1.83. The fourth-order valence-electron chi connectivity index (χ4n) is 5.39. The number of rotatable bonds is 5. The summed E-state index contributed by atoms with van der Waals surface area (Å²) in [7, 11) is 17.6. The van der Waals surface area contributed by atoms with Crippen LogP contribution >= 0.6 is 11.6 Å². The number of pyridine rings is 1. The van der Waals surface area contributed by atoms with Crippen molar-refractivity contribution in [1.29, 1.82) is 0 Å². The van der Waals surface area contributed by atoms with Crippen molar-refractivity contribution in [3.8, 4) is 16.9 Å². The molecule has 3 aromatic heterocycles. The number of carbonyl (C=O) groups excluding carboxylic acids is 1. The van der Waals surface area contributed by atoms with Gasteiger partial charge in [-0.3, -0.25) is 9.78 Å². The average Bonchev–Trinajstić information content (AvgIpc) is 3.65.